The molecule has 2 heterocycles. The fraction of sp³-hybridized carbons (Fsp3) is 0.474. The molecule has 2 aromatic rings. The Morgan fingerprint density at radius 3 is 2.80 bits per heavy atom. The Kier molecular flexibility index (Phi) is 5.83. The summed E-state index contributed by atoms with van der Waals surface area (Å²) in [6.07, 6.45) is 3.72. The van der Waals surface area contributed by atoms with Crippen molar-refractivity contribution in [3.63, 3.8) is 0 Å². The number of nitrogens with zero attached hydrogens (tertiary/aromatic N) is 3. The molecule has 6 nitrogen and oxygen atoms in total. The van der Waals surface area contributed by atoms with Crippen LogP contribution in [-0.2, 0) is 16.1 Å². The van der Waals surface area contributed by atoms with E-state index in [1.54, 1.807) is 6.20 Å². The van der Waals surface area contributed by atoms with Crippen molar-refractivity contribution in [3.05, 3.63) is 54.4 Å². The fourth-order valence-electron chi connectivity index (χ4n) is 3.23. The predicted molar refractivity (Wildman–Crippen MR) is 96.0 cm³/mol. The van der Waals surface area contributed by atoms with E-state index < -0.39 is 0 Å². The second-order valence-corrected chi connectivity index (χ2v) is 6.69. The van der Waals surface area contributed by atoms with Crippen LogP contribution in [0.1, 0.15) is 25.5 Å². The molecule has 0 bridgehead atoms. The molecule has 1 saturated heterocycles. The van der Waals surface area contributed by atoms with Crippen molar-refractivity contribution in [1.82, 2.24) is 20.0 Å². The van der Waals surface area contributed by atoms with Gasteiger partial charge in [-0.05, 0) is 25.5 Å². The summed E-state index contributed by atoms with van der Waals surface area (Å²) in [5.41, 5.74) is 1.01. The standard InChI is InChI=1S/C19H26N4O2/c1-15(2)21-19(24)18(16-7-4-3-5-8-16)22-11-12-25-17(13-22)14-23-10-6-9-20-23/h3-10,15,17-18H,11-14H2,1-2H3,(H,21,24)/t17-,18-/m0/s1. The van der Waals surface area contributed by atoms with Gasteiger partial charge in [0.05, 0.1) is 19.3 Å². The number of aromatic nitrogens is 2. The summed E-state index contributed by atoms with van der Waals surface area (Å²) in [5.74, 6) is 0.0425. The molecular weight excluding hydrogens is 316 g/mol. The highest BCUT2D eigenvalue weighted by atomic mass is 16.5. The van der Waals surface area contributed by atoms with E-state index in [2.05, 4.69) is 15.3 Å². The van der Waals surface area contributed by atoms with E-state index in [0.717, 1.165) is 12.1 Å². The third-order valence-corrected chi connectivity index (χ3v) is 4.28. The SMILES string of the molecule is CC(C)NC(=O)[C@H](c1ccccc1)N1CCO[C@H](Cn2cccn2)C1. The van der Waals surface area contributed by atoms with Gasteiger partial charge in [0.15, 0.2) is 0 Å². The largest absolute Gasteiger partial charge is 0.374 e. The van der Waals surface area contributed by atoms with Gasteiger partial charge in [-0.1, -0.05) is 30.3 Å². The molecule has 1 aromatic heterocycles. The van der Waals surface area contributed by atoms with Gasteiger partial charge in [-0.25, -0.2) is 0 Å². The zero-order chi connectivity index (χ0) is 17.6. The molecule has 1 aliphatic rings. The molecular formula is C19H26N4O2. The number of nitrogens with one attached hydrogen (secondary N) is 1. The van der Waals surface area contributed by atoms with E-state index in [1.165, 1.54) is 0 Å². The summed E-state index contributed by atoms with van der Waals surface area (Å²) in [7, 11) is 0. The van der Waals surface area contributed by atoms with Gasteiger partial charge >= 0.3 is 0 Å². The third-order valence-electron chi connectivity index (χ3n) is 4.28. The molecule has 6 heteroatoms. The number of rotatable bonds is 6. The van der Waals surface area contributed by atoms with Crippen molar-refractivity contribution in [3.8, 4) is 0 Å². The molecule has 25 heavy (non-hydrogen) atoms. The van der Waals surface area contributed by atoms with E-state index in [-0.39, 0.29) is 24.1 Å². The minimum atomic E-state index is -0.298. The van der Waals surface area contributed by atoms with Crippen molar-refractivity contribution in [2.75, 3.05) is 19.7 Å². The average Bonchev–Trinajstić information content (AvgIpc) is 3.09. The first-order valence-electron chi connectivity index (χ1n) is 8.82. The Balaban J connectivity index is 1.76. The first-order valence-corrected chi connectivity index (χ1v) is 8.82. The molecule has 1 aromatic carbocycles. The molecule has 0 unspecified atom stereocenters. The van der Waals surface area contributed by atoms with Crippen LogP contribution in [0.3, 0.4) is 0 Å². The lowest BCUT2D eigenvalue weighted by atomic mass is 10.0. The molecule has 1 amide bonds. The number of hydrogen-bond acceptors (Lipinski definition) is 4. The number of ether oxygens (including phenoxy) is 1. The Labute approximate surface area is 148 Å². The van der Waals surface area contributed by atoms with Crippen LogP contribution < -0.4 is 5.32 Å². The summed E-state index contributed by atoms with van der Waals surface area (Å²) in [6, 6.07) is 11.7. The average molecular weight is 342 g/mol. The highest BCUT2D eigenvalue weighted by molar-refractivity contribution is 5.83. The van der Waals surface area contributed by atoms with Gasteiger partial charge in [-0.2, -0.15) is 5.10 Å². The highest BCUT2D eigenvalue weighted by Crippen LogP contribution is 2.24. The molecule has 0 spiro atoms. The van der Waals surface area contributed by atoms with Crippen LogP contribution in [0.2, 0.25) is 0 Å². The number of carbonyl (C=O) groups is 1. The zero-order valence-corrected chi connectivity index (χ0v) is 14.8. The van der Waals surface area contributed by atoms with Crippen molar-refractivity contribution < 1.29 is 9.53 Å². The quantitative estimate of drug-likeness (QED) is 0.870. The smallest absolute Gasteiger partial charge is 0.242 e. The Morgan fingerprint density at radius 2 is 2.12 bits per heavy atom. The third kappa shape index (κ3) is 4.67. The van der Waals surface area contributed by atoms with E-state index in [4.69, 9.17) is 4.74 Å². The van der Waals surface area contributed by atoms with Gasteiger partial charge in [0.25, 0.3) is 0 Å². The van der Waals surface area contributed by atoms with E-state index in [9.17, 15) is 4.79 Å². The molecule has 1 fully saturated rings. The predicted octanol–water partition coefficient (Wildman–Crippen LogP) is 1.85. The summed E-state index contributed by atoms with van der Waals surface area (Å²) >= 11 is 0. The maximum absolute atomic E-state index is 12.9. The van der Waals surface area contributed by atoms with Crippen molar-refractivity contribution in [1.29, 1.82) is 0 Å². The van der Waals surface area contributed by atoms with Gasteiger partial charge < -0.3 is 10.1 Å². The maximum atomic E-state index is 12.9. The van der Waals surface area contributed by atoms with Crippen LogP contribution in [0.5, 0.6) is 0 Å². The van der Waals surface area contributed by atoms with E-state index in [1.807, 2.05) is 61.1 Å². The van der Waals surface area contributed by atoms with Gasteiger partial charge in [0.2, 0.25) is 5.91 Å². The molecule has 0 aliphatic carbocycles. The van der Waals surface area contributed by atoms with E-state index in [0.29, 0.717) is 19.7 Å². The molecule has 1 aliphatic heterocycles. The number of amides is 1. The minimum absolute atomic E-state index is 0.0201. The summed E-state index contributed by atoms with van der Waals surface area (Å²) in [4.78, 5) is 15.1. The van der Waals surface area contributed by atoms with Crippen LogP contribution >= 0.6 is 0 Å². The van der Waals surface area contributed by atoms with Crippen LogP contribution in [0.15, 0.2) is 48.8 Å². The Morgan fingerprint density at radius 1 is 1.32 bits per heavy atom. The second kappa shape index (κ2) is 8.27. The number of carbonyl (C=O) groups excluding carboxylic acids is 1. The topological polar surface area (TPSA) is 59.4 Å². The Bertz CT molecular complexity index is 657. The normalized spacial score (nSPS) is 19.7. The lowest BCUT2D eigenvalue weighted by molar-refractivity contribution is -0.131. The lowest BCUT2D eigenvalue weighted by Gasteiger charge is -2.38. The fourth-order valence-corrected chi connectivity index (χ4v) is 3.23. The number of morpholine rings is 1. The van der Waals surface area contributed by atoms with Gasteiger partial charge in [-0.15, -0.1) is 0 Å². The molecule has 3 rings (SSSR count). The first kappa shape index (κ1) is 17.6. The number of benzene rings is 1. The molecule has 0 saturated carbocycles. The zero-order valence-electron chi connectivity index (χ0n) is 14.8. The van der Waals surface area contributed by atoms with E-state index >= 15 is 0 Å². The summed E-state index contributed by atoms with van der Waals surface area (Å²) in [5, 5.41) is 7.31. The molecule has 1 N–H and O–H groups in total. The highest BCUT2D eigenvalue weighted by Gasteiger charge is 2.32. The second-order valence-electron chi connectivity index (χ2n) is 6.69. The minimum Gasteiger partial charge on any atom is -0.374 e. The van der Waals surface area contributed by atoms with Crippen LogP contribution in [0.4, 0.5) is 0 Å². The Hall–Kier alpha value is -2.18. The van der Waals surface area contributed by atoms with Crippen LogP contribution in [-0.4, -0.2) is 52.4 Å². The first-order chi connectivity index (χ1) is 12.1. The van der Waals surface area contributed by atoms with Crippen LogP contribution in [0.25, 0.3) is 0 Å². The molecule has 2 atom stereocenters. The summed E-state index contributed by atoms with van der Waals surface area (Å²) < 4.78 is 7.77. The van der Waals surface area contributed by atoms with Gasteiger partial charge in [-0.3, -0.25) is 14.4 Å². The van der Waals surface area contributed by atoms with Gasteiger partial charge in [0.1, 0.15) is 6.04 Å². The van der Waals surface area contributed by atoms with Crippen molar-refractivity contribution in [2.45, 2.75) is 38.6 Å². The maximum Gasteiger partial charge on any atom is 0.242 e. The number of hydrogen-bond donors (Lipinski definition) is 1. The molecule has 0 radical (unpaired) electrons. The lowest BCUT2D eigenvalue weighted by Crippen LogP contribution is -2.50. The monoisotopic (exact) mass is 342 g/mol. The molecule has 134 valence electrons. The van der Waals surface area contributed by atoms with Gasteiger partial charge in [0, 0.05) is 31.5 Å². The van der Waals surface area contributed by atoms with Crippen LogP contribution in [0, 0.1) is 0 Å². The van der Waals surface area contributed by atoms with Crippen molar-refractivity contribution >= 4 is 5.91 Å². The van der Waals surface area contributed by atoms with Crippen molar-refractivity contribution in [2.24, 2.45) is 0 Å². The summed E-state index contributed by atoms with van der Waals surface area (Å²) in [6.45, 7) is 6.71.